The van der Waals surface area contributed by atoms with Crippen LogP contribution in [0.2, 0.25) is 0 Å². The van der Waals surface area contributed by atoms with Crippen molar-refractivity contribution in [1.82, 2.24) is 5.32 Å². The molecule has 26 heavy (non-hydrogen) atoms. The number of nitrogens with one attached hydrogen (secondary N) is 1. The fourth-order valence-corrected chi connectivity index (χ4v) is 3.39. The molecule has 2 rings (SSSR count). The molecule has 0 aliphatic carbocycles. The smallest absolute Gasteiger partial charge is 0.260 e. The molecule has 0 saturated heterocycles. The third-order valence-electron chi connectivity index (χ3n) is 4.15. The molecule has 1 atom stereocenters. The zero-order chi connectivity index (χ0) is 18.9. The lowest BCUT2D eigenvalue weighted by Crippen LogP contribution is -2.37. The number of hydrogen-bond donors (Lipinski definition) is 1. The van der Waals surface area contributed by atoms with Gasteiger partial charge in [0.2, 0.25) is 0 Å². The number of hydrogen-bond acceptors (Lipinski definition) is 3. The Morgan fingerprint density at radius 1 is 1.08 bits per heavy atom. The molecule has 2 aromatic rings. The summed E-state index contributed by atoms with van der Waals surface area (Å²) in [4.78, 5) is 12.3. The summed E-state index contributed by atoms with van der Waals surface area (Å²) in [6.07, 6.45) is -0.503. The standard InChI is InChI=1S/C22H29NO2S/c1-16(2)20-7-5-6-8-21(20)25-18(4)22(24)23-13-14-26-15-19-11-9-17(3)10-12-19/h5-12,16,18H,13-15H2,1-4H3,(H,23,24)/t18-/m1/s1. The number of ether oxygens (including phenoxy) is 1. The third kappa shape index (κ3) is 6.41. The van der Waals surface area contributed by atoms with Gasteiger partial charge in [-0.15, -0.1) is 0 Å². The molecule has 0 spiro atoms. The van der Waals surface area contributed by atoms with Crippen LogP contribution in [0, 0.1) is 6.92 Å². The van der Waals surface area contributed by atoms with Crippen molar-refractivity contribution >= 4 is 17.7 Å². The van der Waals surface area contributed by atoms with Gasteiger partial charge < -0.3 is 10.1 Å². The molecular formula is C22H29NO2S. The van der Waals surface area contributed by atoms with Crippen molar-refractivity contribution in [1.29, 1.82) is 0 Å². The van der Waals surface area contributed by atoms with Crippen molar-refractivity contribution < 1.29 is 9.53 Å². The lowest BCUT2D eigenvalue weighted by Gasteiger charge is -2.18. The zero-order valence-electron chi connectivity index (χ0n) is 16.1. The third-order valence-corrected chi connectivity index (χ3v) is 5.18. The van der Waals surface area contributed by atoms with E-state index in [9.17, 15) is 4.79 Å². The van der Waals surface area contributed by atoms with Crippen LogP contribution in [0.5, 0.6) is 5.75 Å². The summed E-state index contributed by atoms with van der Waals surface area (Å²) >= 11 is 1.82. The van der Waals surface area contributed by atoms with Crippen LogP contribution >= 0.6 is 11.8 Å². The molecule has 2 aromatic carbocycles. The topological polar surface area (TPSA) is 38.3 Å². The maximum atomic E-state index is 12.3. The molecule has 1 amide bonds. The van der Waals surface area contributed by atoms with E-state index in [1.54, 1.807) is 6.92 Å². The predicted molar refractivity (Wildman–Crippen MR) is 111 cm³/mol. The first kappa shape index (κ1) is 20.4. The fraction of sp³-hybridized carbons (Fsp3) is 0.409. The Hall–Kier alpha value is -1.94. The van der Waals surface area contributed by atoms with Crippen LogP contribution in [0.1, 0.15) is 43.4 Å². The van der Waals surface area contributed by atoms with Crippen LogP contribution in [-0.2, 0) is 10.5 Å². The SMILES string of the molecule is Cc1ccc(CSCCNC(=O)[C@@H](C)Oc2ccccc2C(C)C)cc1. The molecule has 0 fully saturated rings. The highest BCUT2D eigenvalue weighted by Gasteiger charge is 2.16. The summed E-state index contributed by atoms with van der Waals surface area (Å²) in [7, 11) is 0. The summed E-state index contributed by atoms with van der Waals surface area (Å²) in [6, 6.07) is 16.5. The number of aryl methyl sites for hydroxylation is 1. The van der Waals surface area contributed by atoms with Crippen LogP contribution in [0.25, 0.3) is 0 Å². The molecular weight excluding hydrogens is 342 g/mol. The average molecular weight is 372 g/mol. The molecule has 0 unspecified atom stereocenters. The van der Waals surface area contributed by atoms with Gasteiger partial charge in [0, 0.05) is 18.1 Å². The molecule has 0 bridgehead atoms. The van der Waals surface area contributed by atoms with Gasteiger partial charge in [-0.25, -0.2) is 0 Å². The lowest BCUT2D eigenvalue weighted by atomic mass is 10.0. The molecule has 0 saturated carbocycles. The largest absolute Gasteiger partial charge is 0.481 e. The van der Waals surface area contributed by atoms with Crippen LogP contribution in [0.15, 0.2) is 48.5 Å². The second-order valence-electron chi connectivity index (χ2n) is 6.78. The number of rotatable bonds is 9. The van der Waals surface area contributed by atoms with Crippen LogP contribution in [0.4, 0.5) is 0 Å². The summed E-state index contributed by atoms with van der Waals surface area (Å²) in [5.74, 6) is 2.93. The van der Waals surface area contributed by atoms with E-state index in [1.165, 1.54) is 11.1 Å². The molecule has 0 aliphatic rings. The Morgan fingerprint density at radius 3 is 2.46 bits per heavy atom. The number of thioether (sulfide) groups is 1. The maximum Gasteiger partial charge on any atom is 0.260 e. The monoisotopic (exact) mass is 371 g/mol. The maximum absolute atomic E-state index is 12.3. The molecule has 0 aromatic heterocycles. The van der Waals surface area contributed by atoms with Gasteiger partial charge in [0.15, 0.2) is 6.10 Å². The van der Waals surface area contributed by atoms with E-state index < -0.39 is 6.10 Å². The molecule has 3 nitrogen and oxygen atoms in total. The molecule has 140 valence electrons. The van der Waals surface area contributed by atoms with Gasteiger partial charge in [0.1, 0.15) is 5.75 Å². The number of carbonyl (C=O) groups excluding carboxylic acids is 1. The first-order valence-corrected chi connectivity index (χ1v) is 10.3. The fourth-order valence-electron chi connectivity index (χ4n) is 2.57. The second-order valence-corrected chi connectivity index (χ2v) is 7.89. The van der Waals surface area contributed by atoms with E-state index >= 15 is 0 Å². The molecule has 0 heterocycles. The van der Waals surface area contributed by atoms with Gasteiger partial charge in [0.05, 0.1) is 0 Å². The second kappa shape index (κ2) is 10.3. The summed E-state index contributed by atoms with van der Waals surface area (Å²) in [5.41, 5.74) is 3.72. The average Bonchev–Trinajstić information content (AvgIpc) is 2.63. The van der Waals surface area contributed by atoms with E-state index in [0.29, 0.717) is 12.5 Å². The van der Waals surface area contributed by atoms with E-state index in [1.807, 2.05) is 36.0 Å². The van der Waals surface area contributed by atoms with E-state index in [4.69, 9.17) is 4.74 Å². The number of para-hydroxylation sites is 1. The van der Waals surface area contributed by atoms with Gasteiger partial charge in [-0.3, -0.25) is 4.79 Å². The van der Waals surface area contributed by atoms with Crippen molar-refractivity contribution in [2.75, 3.05) is 12.3 Å². The Labute approximate surface area is 161 Å². The molecule has 4 heteroatoms. The zero-order valence-corrected chi connectivity index (χ0v) is 16.9. The summed E-state index contributed by atoms with van der Waals surface area (Å²) in [5, 5.41) is 2.96. The van der Waals surface area contributed by atoms with E-state index in [-0.39, 0.29) is 5.91 Å². The number of benzene rings is 2. The van der Waals surface area contributed by atoms with Crippen molar-refractivity contribution in [2.24, 2.45) is 0 Å². The lowest BCUT2D eigenvalue weighted by molar-refractivity contribution is -0.127. The van der Waals surface area contributed by atoms with Crippen LogP contribution in [0.3, 0.4) is 0 Å². The minimum absolute atomic E-state index is 0.0699. The van der Waals surface area contributed by atoms with Gasteiger partial charge in [-0.1, -0.05) is 61.9 Å². The van der Waals surface area contributed by atoms with Gasteiger partial charge in [0.25, 0.3) is 5.91 Å². The normalized spacial score (nSPS) is 12.0. The summed E-state index contributed by atoms with van der Waals surface area (Å²) in [6.45, 7) is 8.78. The first-order valence-electron chi connectivity index (χ1n) is 9.14. The van der Waals surface area contributed by atoms with Gasteiger partial charge in [-0.05, 0) is 37.0 Å². The highest BCUT2D eigenvalue weighted by Crippen LogP contribution is 2.26. The highest BCUT2D eigenvalue weighted by molar-refractivity contribution is 7.98. The Morgan fingerprint density at radius 2 is 1.77 bits per heavy atom. The minimum Gasteiger partial charge on any atom is -0.481 e. The van der Waals surface area contributed by atoms with Crippen LogP contribution < -0.4 is 10.1 Å². The Bertz CT molecular complexity index is 698. The van der Waals surface area contributed by atoms with Crippen molar-refractivity contribution in [3.05, 3.63) is 65.2 Å². The van der Waals surface area contributed by atoms with E-state index in [2.05, 4.69) is 50.4 Å². The van der Waals surface area contributed by atoms with Crippen LogP contribution in [-0.4, -0.2) is 24.3 Å². The highest BCUT2D eigenvalue weighted by atomic mass is 32.2. The predicted octanol–water partition coefficient (Wildman–Crippen LogP) is 4.94. The molecule has 1 N–H and O–H groups in total. The first-order chi connectivity index (χ1) is 12.5. The quantitative estimate of drug-likeness (QED) is 0.635. The Kier molecular flexibility index (Phi) is 8.05. The van der Waals surface area contributed by atoms with Crippen molar-refractivity contribution in [3.63, 3.8) is 0 Å². The van der Waals surface area contributed by atoms with Crippen molar-refractivity contribution in [3.8, 4) is 5.75 Å². The van der Waals surface area contributed by atoms with Gasteiger partial charge in [-0.2, -0.15) is 11.8 Å². The Balaban J connectivity index is 1.71. The summed E-state index contributed by atoms with van der Waals surface area (Å²) < 4.78 is 5.89. The van der Waals surface area contributed by atoms with Gasteiger partial charge >= 0.3 is 0 Å². The molecule has 0 radical (unpaired) electrons. The number of amides is 1. The van der Waals surface area contributed by atoms with Crippen molar-refractivity contribution in [2.45, 2.75) is 45.5 Å². The minimum atomic E-state index is -0.503. The number of carbonyl (C=O) groups is 1. The van der Waals surface area contributed by atoms with E-state index in [0.717, 1.165) is 22.8 Å². The molecule has 0 aliphatic heterocycles.